The molecule has 116 valence electrons. The van der Waals surface area contributed by atoms with Crippen molar-refractivity contribution in [2.45, 2.75) is 26.2 Å². The summed E-state index contributed by atoms with van der Waals surface area (Å²) < 4.78 is 26.2. The minimum atomic E-state index is -0.815. The molecular formula is C17H18F2N2O. The summed E-state index contributed by atoms with van der Waals surface area (Å²) in [6.45, 7) is 2.13. The Hall–Kier alpha value is -2.43. The largest absolute Gasteiger partial charge is 0.323 e. The molecule has 0 unspecified atom stereocenters. The number of benzene rings is 2. The van der Waals surface area contributed by atoms with Crippen LogP contribution in [-0.4, -0.2) is 6.03 Å². The van der Waals surface area contributed by atoms with E-state index in [-0.39, 0.29) is 5.69 Å². The van der Waals surface area contributed by atoms with Crippen LogP contribution in [0.4, 0.5) is 25.0 Å². The maximum absolute atomic E-state index is 13.4. The fraction of sp³-hybridized carbons (Fsp3) is 0.235. The van der Waals surface area contributed by atoms with Crippen LogP contribution >= 0.6 is 0 Å². The number of carbonyl (C=O) groups excluding carboxylic acids is 1. The Balaban J connectivity index is 1.94. The van der Waals surface area contributed by atoms with E-state index in [9.17, 15) is 13.6 Å². The van der Waals surface area contributed by atoms with Crippen molar-refractivity contribution in [3.63, 3.8) is 0 Å². The van der Waals surface area contributed by atoms with Gasteiger partial charge in [-0.05, 0) is 42.7 Å². The first kappa shape index (κ1) is 15.9. The lowest BCUT2D eigenvalue weighted by Gasteiger charge is -2.09. The Morgan fingerprint density at radius 1 is 1.05 bits per heavy atom. The summed E-state index contributed by atoms with van der Waals surface area (Å²) in [7, 11) is 0. The first-order valence-electron chi connectivity index (χ1n) is 7.20. The van der Waals surface area contributed by atoms with E-state index in [4.69, 9.17) is 0 Å². The molecule has 0 fully saturated rings. The number of rotatable bonds is 5. The zero-order chi connectivity index (χ0) is 15.9. The number of urea groups is 1. The number of unbranched alkanes of at least 4 members (excludes halogenated alkanes) is 1. The molecule has 0 aliphatic heterocycles. The lowest BCUT2D eigenvalue weighted by molar-refractivity contribution is 0.262. The van der Waals surface area contributed by atoms with Gasteiger partial charge >= 0.3 is 6.03 Å². The molecule has 2 N–H and O–H groups in total. The maximum atomic E-state index is 13.4. The van der Waals surface area contributed by atoms with E-state index < -0.39 is 17.7 Å². The second-order valence-corrected chi connectivity index (χ2v) is 5.00. The van der Waals surface area contributed by atoms with Gasteiger partial charge in [0.05, 0.1) is 5.69 Å². The highest BCUT2D eigenvalue weighted by Gasteiger charge is 2.08. The third-order valence-corrected chi connectivity index (χ3v) is 3.21. The van der Waals surface area contributed by atoms with E-state index in [0.29, 0.717) is 5.69 Å². The van der Waals surface area contributed by atoms with E-state index in [1.54, 1.807) is 12.1 Å². The molecule has 3 nitrogen and oxygen atoms in total. The van der Waals surface area contributed by atoms with Crippen LogP contribution in [0.5, 0.6) is 0 Å². The van der Waals surface area contributed by atoms with Crippen LogP contribution in [0.25, 0.3) is 0 Å². The molecule has 2 aromatic rings. The molecule has 0 spiro atoms. The van der Waals surface area contributed by atoms with Crippen molar-refractivity contribution >= 4 is 17.4 Å². The predicted molar refractivity (Wildman–Crippen MR) is 84.1 cm³/mol. The van der Waals surface area contributed by atoms with Gasteiger partial charge < -0.3 is 10.6 Å². The molecule has 0 aromatic heterocycles. The second kappa shape index (κ2) is 7.54. The van der Waals surface area contributed by atoms with Crippen LogP contribution in [0.2, 0.25) is 0 Å². The normalized spacial score (nSPS) is 10.3. The fourth-order valence-electron chi connectivity index (χ4n) is 2.01. The van der Waals surface area contributed by atoms with E-state index >= 15 is 0 Å². The van der Waals surface area contributed by atoms with E-state index in [2.05, 4.69) is 17.6 Å². The summed E-state index contributed by atoms with van der Waals surface area (Å²) in [5.41, 5.74) is 1.75. The van der Waals surface area contributed by atoms with E-state index in [1.807, 2.05) is 12.1 Å². The molecule has 2 aromatic carbocycles. The lowest BCUT2D eigenvalue weighted by Crippen LogP contribution is -2.20. The molecule has 0 saturated carbocycles. The van der Waals surface area contributed by atoms with Gasteiger partial charge in [0.15, 0.2) is 0 Å². The molecular weight excluding hydrogens is 286 g/mol. The van der Waals surface area contributed by atoms with Crippen LogP contribution in [0.15, 0.2) is 42.5 Å². The quantitative estimate of drug-likeness (QED) is 0.806. The topological polar surface area (TPSA) is 41.1 Å². The zero-order valence-corrected chi connectivity index (χ0v) is 12.3. The molecule has 0 heterocycles. The van der Waals surface area contributed by atoms with Gasteiger partial charge in [0.1, 0.15) is 11.6 Å². The van der Waals surface area contributed by atoms with Crippen LogP contribution in [0.3, 0.4) is 0 Å². The van der Waals surface area contributed by atoms with Crippen LogP contribution in [0, 0.1) is 11.6 Å². The van der Waals surface area contributed by atoms with Gasteiger partial charge in [0, 0.05) is 11.8 Å². The summed E-state index contributed by atoms with van der Waals surface area (Å²) in [6, 6.07) is 9.90. The van der Waals surface area contributed by atoms with Gasteiger partial charge in [-0.15, -0.1) is 0 Å². The minimum absolute atomic E-state index is 0.0709. The van der Waals surface area contributed by atoms with Crippen molar-refractivity contribution in [2.75, 3.05) is 10.6 Å². The fourth-order valence-corrected chi connectivity index (χ4v) is 2.01. The molecule has 0 aliphatic rings. The minimum Gasteiger partial charge on any atom is -0.308 e. The highest BCUT2D eigenvalue weighted by molar-refractivity contribution is 5.99. The highest BCUT2D eigenvalue weighted by Crippen LogP contribution is 2.16. The number of hydrogen-bond donors (Lipinski definition) is 2. The molecule has 22 heavy (non-hydrogen) atoms. The smallest absolute Gasteiger partial charge is 0.308 e. The molecule has 2 rings (SSSR count). The van der Waals surface area contributed by atoms with E-state index in [1.165, 1.54) is 11.6 Å². The van der Waals surface area contributed by atoms with Crippen LogP contribution in [-0.2, 0) is 6.42 Å². The number of aryl methyl sites for hydroxylation is 1. The monoisotopic (exact) mass is 304 g/mol. The lowest BCUT2D eigenvalue weighted by atomic mass is 10.1. The Bertz CT molecular complexity index is 642. The van der Waals surface area contributed by atoms with Crippen LogP contribution in [0.1, 0.15) is 25.3 Å². The van der Waals surface area contributed by atoms with Gasteiger partial charge in [0.2, 0.25) is 0 Å². The number of nitrogens with one attached hydrogen (secondary N) is 2. The number of halogens is 2. The Morgan fingerprint density at radius 3 is 2.41 bits per heavy atom. The van der Waals surface area contributed by atoms with Gasteiger partial charge in [-0.3, -0.25) is 0 Å². The molecule has 5 heteroatoms. The number of hydrogen-bond acceptors (Lipinski definition) is 1. The van der Waals surface area contributed by atoms with Gasteiger partial charge in [-0.2, -0.15) is 0 Å². The second-order valence-electron chi connectivity index (χ2n) is 5.00. The molecule has 0 bridgehead atoms. The van der Waals surface area contributed by atoms with Crippen molar-refractivity contribution in [1.82, 2.24) is 0 Å². The molecule has 0 aliphatic carbocycles. The van der Waals surface area contributed by atoms with Crippen molar-refractivity contribution < 1.29 is 13.6 Å². The maximum Gasteiger partial charge on any atom is 0.323 e. The standard InChI is InChI=1S/C17H18F2N2O/c1-2-3-4-12-5-8-14(9-6-12)20-17(22)21-16-10-7-13(18)11-15(16)19/h5-11H,2-4H2,1H3,(H2,20,21,22). The number of carbonyl (C=O) groups is 1. The molecule has 0 radical (unpaired) electrons. The van der Waals surface area contributed by atoms with Crippen molar-refractivity contribution in [3.05, 3.63) is 59.7 Å². The number of anilines is 2. The zero-order valence-electron chi connectivity index (χ0n) is 12.3. The third kappa shape index (κ3) is 4.55. The highest BCUT2D eigenvalue weighted by atomic mass is 19.1. The Labute approximate surface area is 128 Å². The summed E-state index contributed by atoms with van der Waals surface area (Å²) in [5.74, 6) is -1.50. The number of amides is 2. The SMILES string of the molecule is CCCCc1ccc(NC(=O)Nc2ccc(F)cc2F)cc1. The van der Waals surface area contributed by atoms with Crippen molar-refractivity contribution in [2.24, 2.45) is 0 Å². The molecule has 2 amide bonds. The van der Waals surface area contributed by atoms with Crippen LogP contribution < -0.4 is 10.6 Å². The summed E-state index contributed by atoms with van der Waals surface area (Å²) in [4.78, 5) is 11.8. The van der Waals surface area contributed by atoms with Crippen molar-refractivity contribution in [3.8, 4) is 0 Å². The van der Waals surface area contributed by atoms with Gasteiger partial charge in [0.25, 0.3) is 0 Å². The first-order valence-corrected chi connectivity index (χ1v) is 7.20. The van der Waals surface area contributed by atoms with Crippen molar-refractivity contribution in [1.29, 1.82) is 0 Å². The molecule has 0 saturated heterocycles. The van der Waals surface area contributed by atoms with Gasteiger partial charge in [-0.1, -0.05) is 25.5 Å². The van der Waals surface area contributed by atoms with Gasteiger partial charge in [-0.25, -0.2) is 13.6 Å². The summed E-state index contributed by atoms with van der Waals surface area (Å²) in [6.07, 6.45) is 3.26. The average Bonchev–Trinajstić information content (AvgIpc) is 2.49. The Morgan fingerprint density at radius 2 is 1.77 bits per heavy atom. The first-order chi connectivity index (χ1) is 10.6. The average molecular weight is 304 g/mol. The molecule has 0 atom stereocenters. The Kier molecular flexibility index (Phi) is 5.47. The third-order valence-electron chi connectivity index (χ3n) is 3.21. The predicted octanol–water partition coefficient (Wildman–Crippen LogP) is 4.95. The summed E-state index contributed by atoms with van der Waals surface area (Å²) in [5, 5.41) is 4.95. The van der Waals surface area contributed by atoms with E-state index in [0.717, 1.165) is 31.4 Å². The summed E-state index contributed by atoms with van der Waals surface area (Å²) >= 11 is 0.